The molecule has 0 fully saturated rings. The van der Waals surface area contributed by atoms with E-state index in [1.165, 1.54) is 46.6 Å². The molecule has 0 amide bonds. The minimum absolute atomic E-state index is 0.118. The molecule has 0 aliphatic heterocycles. The number of hydrogen-bond acceptors (Lipinski definition) is 4. The number of benzene rings is 1. The molecule has 144 valence electrons. The number of carboxylic acid groups (broad SMARTS) is 2. The lowest BCUT2D eigenvalue weighted by Crippen LogP contribution is -2.22. The van der Waals surface area contributed by atoms with Gasteiger partial charge in [0.25, 0.3) is 5.56 Å². The highest BCUT2D eigenvalue weighted by atomic mass is 16.4. The molecule has 0 bridgehead atoms. The predicted molar refractivity (Wildman–Crippen MR) is 102 cm³/mol. The van der Waals surface area contributed by atoms with Crippen LogP contribution in [-0.4, -0.2) is 31.3 Å². The monoisotopic (exact) mass is 382 g/mol. The summed E-state index contributed by atoms with van der Waals surface area (Å²) in [4.78, 5) is 43.9. The van der Waals surface area contributed by atoms with Gasteiger partial charge >= 0.3 is 11.9 Å². The van der Waals surface area contributed by atoms with E-state index in [4.69, 9.17) is 10.2 Å². The van der Waals surface area contributed by atoms with Crippen LogP contribution in [0.3, 0.4) is 0 Å². The summed E-state index contributed by atoms with van der Waals surface area (Å²) < 4.78 is 2.62. The molecule has 0 aliphatic rings. The number of carbonyl (C=O) groups is 2. The van der Waals surface area contributed by atoms with Gasteiger partial charge in [-0.2, -0.15) is 0 Å². The second-order valence-electron chi connectivity index (χ2n) is 5.82. The number of aryl methyl sites for hydroxylation is 1. The maximum Gasteiger partial charge on any atom is 0.337 e. The van der Waals surface area contributed by atoms with Gasteiger partial charge in [0, 0.05) is 36.8 Å². The molecule has 3 aromatic rings. The third-order valence-corrected chi connectivity index (χ3v) is 3.92. The summed E-state index contributed by atoms with van der Waals surface area (Å²) in [6.45, 7) is 1.62. The molecule has 0 radical (unpaired) electrons. The molecule has 1 aromatic carbocycles. The lowest BCUT2D eigenvalue weighted by molar-refractivity contribution is 0.0684. The fraction of sp³-hybridized carbons (Fsp3) is 0.100. The van der Waals surface area contributed by atoms with Gasteiger partial charge in [-0.3, -0.25) is 14.2 Å². The molecule has 3 rings (SSSR count). The first-order chi connectivity index (χ1) is 13.2. The molecule has 0 saturated carbocycles. The van der Waals surface area contributed by atoms with Crippen LogP contribution in [0.5, 0.6) is 0 Å². The number of hydrogen-bond donors (Lipinski definition) is 2. The Bertz CT molecular complexity index is 1130. The van der Waals surface area contributed by atoms with Crippen molar-refractivity contribution in [3.8, 4) is 5.69 Å². The molecular weight excluding hydrogens is 364 g/mol. The number of pyridine rings is 2. The highest BCUT2D eigenvalue weighted by molar-refractivity contribution is 5.89. The van der Waals surface area contributed by atoms with E-state index in [0.29, 0.717) is 11.4 Å². The van der Waals surface area contributed by atoms with E-state index in [0.717, 1.165) is 0 Å². The Balaban J connectivity index is 0.000000221. The van der Waals surface area contributed by atoms with Crippen LogP contribution in [0.1, 0.15) is 26.4 Å². The standard InChI is InChI=1S/C13H11NO3.C7H7NO3/c1-9-11(13(16)17)7-8-12(15)14(9)10-5-3-2-4-6-10;1-8-4-5(7(10)11)2-3-6(8)9/h2-8H,1H3,(H,16,17);2-4H,1H3,(H,10,11). The van der Waals surface area contributed by atoms with E-state index in [9.17, 15) is 19.2 Å². The van der Waals surface area contributed by atoms with Gasteiger partial charge in [0.1, 0.15) is 0 Å². The maximum absolute atomic E-state index is 11.8. The molecule has 0 saturated heterocycles. The number of aromatic carboxylic acids is 2. The summed E-state index contributed by atoms with van der Waals surface area (Å²) in [6, 6.07) is 14.1. The molecule has 0 atom stereocenters. The van der Waals surface area contributed by atoms with Gasteiger partial charge in [0.05, 0.1) is 11.1 Å². The van der Waals surface area contributed by atoms with Crippen LogP contribution in [0.15, 0.2) is 70.4 Å². The van der Waals surface area contributed by atoms with Crippen LogP contribution in [0, 0.1) is 6.92 Å². The molecule has 0 spiro atoms. The zero-order chi connectivity index (χ0) is 20.8. The van der Waals surface area contributed by atoms with Crippen LogP contribution < -0.4 is 11.1 Å². The van der Waals surface area contributed by atoms with Gasteiger partial charge in [-0.1, -0.05) is 18.2 Å². The normalized spacial score (nSPS) is 9.93. The maximum atomic E-state index is 11.8. The fourth-order valence-corrected chi connectivity index (χ4v) is 2.48. The Morgan fingerprint density at radius 1 is 0.821 bits per heavy atom. The zero-order valence-electron chi connectivity index (χ0n) is 15.2. The zero-order valence-corrected chi connectivity index (χ0v) is 15.2. The van der Waals surface area contributed by atoms with E-state index >= 15 is 0 Å². The Morgan fingerprint density at radius 3 is 1.96 bits per heavy atom. The molecule has 0 aliphatic carbocycles. The summed E-state index contributed by atoms with van der Waals surface area (Å²) in [5.41, 5.74) is 0.892. The Kier molecular flexibility index (Phi) is 6.28. The van der Waals surface area contributed by atoms with Crippen molar-refractivity contribution in [2.24, 2.45) is 7.05 Å². The molecule has 8 nitrogen and oxygen atoms in total. The van der Waals surface area contributed by atoms with Crippen molar-refractivity contribution in [1.82, 2.24) is 9.13 Å². The minimum atomic E-state index is -1.04. The van der Waals surface area contributed by atoms with Gasteiger partial charge in [-0.25, -0.2) is 9.59 Å². The van der Waals surface area contributed by atoms with Gasteiger partial charge in [-0.05, 0) is 31.2 Å². The lowest BCUT2D eigenvalue weighted by atomic mass is 10.2. The van der Waals surface area contributed by atoms with Crippen LogP contribution in [0.2, 0.25) is 0 Å². The van der Waals surface area contributed by atoms with E-state index in [2.05, 4.69) is 0 Å². The molecule has 2 N–H and O–H groups in total. The third kappa shape index (κ3) is 4.61. The summed E-state index contributed by atoms with van der Waals surface area (Å²) in [5, 5.41) is 17.5. The average molecular weight is 382 g/mol. The summed E-state index contributed by atoms with van der Waals surface area (Å²) >= 11 is 0. The quantitative estimate of drug-likeness (QED) is 0.714. The summed E-state index contributed by atoms with van der Waals surface area (Å²) in [7, 11) is 1.51. The van der Waals surface area contributed by atoms with Crippen LogP contribution in [0.4, 0.5) is 0 Å². The van der Waals surface area contributed by atoms with Gasteiger partial charge < -0.3 is 14.8 Å². The second kappa shape index (κ2) is 8.63. The van der Waals surface area contributed by atoms with Crippen molar-refractivity contribution < 1.29 is 19.8 Å². The Hall–Kier alpha value is -3.94. The van der Waals surface area contributed by atoms with Crippen molar-refractivity contribution in [2.45, 2.75) is 6.92 Å². The van der Waals surface area contributed by atoms with Crippen molar-refractivity contribution in [3.63, 3.8) is 0 Å². The lowest BCUT2D eigenvalue weighted by Gasteiger charge is -2.11. The summed E-state index contributed by atoms with van der Waals surface area (Å²) in [6.07, 6.45) is 1.28. The number of aromatic nitrogens is 2. The largest absolute Gasteiger partial charge is 0.478 e. The van der Waals surface area contributed by atoms with Gasteiger partial charge in [-0.15, -0.1) is 0 Å². The highest BCUT2D eigenvalue weighted by Gasteiger charge is 2.12. The van der Waals surface area contributed by atoms with E-state index in [1.807, 2.05) is 6.07 Å². The third-order valence-electron chi connectivity index (χ3n) is 3.92. The summed E-state index contributed by atoms with van der Waals surface area (Å²) in [5.74, 6) is -2.06. The van der Waals surface area contributed by atoms with Crippen LogP contribution in [-0.2, 0) is 7.05 Å². The van der Waals surface area contributed by atoms with Crippen LogP contribution >= 0.6 is 0 Å². The highest BCUT2D eigenvalue weighted by Crippen LogP contribution is 2.11. The van der Waals surface area contributed by atoms with Crippen LogP contribution in [0.25, 0.3) is 5.69 Å². The molecular formula is C20H18N2O6. The topological polar surface area (TPSA) is 119 Å². The first-order valence-electron chi connectivity index (χ1n) is 8.13. The first kappa shape index (κ1) is 20.4. The number of nitrogens with zero attached hydrogens (tertiary/aromatic N) is 2. The second-order valence-corrected chi connectivity index (χ2v) is 5.82. The molecule has 8 heteroatoms. The minimum Gasteiger partial charge on any atom is -0.478 e. The van der Waals surface area contributed by atoms with E-state index in [1.54, 1.807) is 31.2 Å². The molecule has 2 aromatic heterocycles. The van der Waals surface area contributed by atoms with Crippen molar-refractivity contribution in [2.75, 3.05) is 0 Å². The van der Waals surface area contributed by atoms with Crippen molar-refractivity contribution >= 4 is 11.9 Å². The number of carboxylic acids is 2. The predicted octanol–water partition coefficient (Wildman–Crippen LogP) is 1.93. The number of para-hydroxylation sites is 1. The molecule has 0 unspecified atom stereocenters. The molecule has 2 heterocycles. The van der Waals surface area contributed by atoms with Crippen molar-refractivity contribution in [1.29, 1.82) is 0 Å². The number of rotatable bonds is 3. The first-order valence-corrected chi connectivity index (χ1v) is 8.13. The van der Waals surface area contributed by atoms with Crippen molar-refractivity contribution in [3.05, 3.63) is 98.3 Å². The Morgan fingerprint density at radius 2 is 1.43 bits per heavy atom. The van der Waals surface area contributed by atoms with Gasteiger partial charge in [0.2, 0.25) is 5.56 Å². The smallest absolute Gasteiger partial charge is 0.337 e. The molecule has 28 heavy (non-hydrogen) atoms. The SMILES string of the molecule is Cc1c(C(=O)O)ccc(=O)n1-c1ccccc1.Cn1cc(C(=O)O)ccc1=O. The van der Waals surface area contributed by atoms with E-state index in [-0.39, 0.29) is 22.2 Å². The fourth-order valence-electron chi connectivity index (χ4n) is 2.48. The van der Waals surface area contributed by atoms with Gasteiger partial charge in [0.15, 0.2) is 0 Å². The Labute approximate surface area is 159 Å². The van der Waals surface area contributed by atoms with E-state index < -0.39 is 11.9 Å². The average Bonchev–Trinajstić information content (AvgIpc) is 2.65.